The molecule has 23 heavy (non-hydrogen) atoms. The zero-order chi connectivity index (χ0) is 16.2. The van der Waals surface area contributed by atoms with Gasteiger partial charge in [-0.05, 0) is 31.0 Å². The maximum Gasteiger partial charge on any atom is 0.243 e. The van der Waals surface area contributed by atoms with E-state index < -0.39 is 10.0 Å². The Labute approximate surface area is 147 Å². The van der Waals surface area contributed by atoms with Crippen LogP contribution in [0.4, 0.5) is 0 Å². The predicted molar refractivity (Wildman–Crippen MR) is 92.2 cm³/mol. The minimum atomic E-state index is -3.63. The second kappa shape index (κ2) is 8.84. The Morgan fingerprint density at radius 3 is 2.83 bits per heavy atom. The van der Waals surface area contributed by atoms with Crippen LogP contribution < -0.4 is 11.1 Å². The Morgan fingerprint density at radius 1 is 1.43 bits per heavy atom. The molecule has 0 saturated carbocycles. The van der Waals surface area contributed by atoms with Gasteiger partial charge in [-0.2, -0.15) is 4.31 Å². The van der Waals surface area contributed by atoms with Crippen molar-refractivity contribution < 1.29 is 13.2 Å². The largest absolute Gasteiger partial charge is 0.355 e. The van der Waals surface area contributed by atoms with Crippen LogP contribution in [-0.2, 0) is 14.8 Å². The molecule has 1 aliphatic rings. The third kappa shape index (κ3) is 5.06. The number of hydrogen-bond donors (Lipinski definition) is 2. The smallest absolute Gasteiger partial charge is 0.243 e. The van der Waals surface area contributed by atoms with Gasteiger partial charge in [0.25, 0.3) is 0 Å². The summed E-state index contributed by atoms with van der Waals surface area (Å²) in [4.78, 5) is 12.2. The third-order valence-corrected chi connectivity index (χ3v) is 5.73. The molecule has 0 aromatic heterocycles. The number of hydrogen-bond acceptors (Lipinski definition) is 4. The van der Waals surface area contributed by atoms with Crippen LogP contribution in [0.5, 0.6) is 0 Å². The molecule has 1 aromatic rings. The van der Waals surface area contributed by atoms with Gasteiger partial charge in [-0.1, -0.05) is 17.7 Å². The molecule has 1 fully saturated rings. The topological polar surface area (TPSA) is 92.5 Å². The van der Waals surface area contributed by atoms with Crippen molar-refractivity contribution in [1.29, 1.82) is 0 Å². The monoisotopic (exact) mass is 381 g/mol. The highest BCUT2D eigenvalue weighted by Crippen LogP contribution is 2.25. The molecule has 1 aliphatic heterocycles. The van der Waals surface area contributed by atoms with Crippen molar-refractivity contribution in [3.8, 4) is 0 Å². The first-order valence-corrected chi connectivity index (χ1v) is 9.00. The number of carbonyl (C=O) groups is 1. The lowest BCUT2D eigenvalue weighted by molar-refractivity contribution is -0.126. The lowest BCUT2D eigenvalue weighted by Gasteiger charge is -2.31. The van der Waals surface area contributed by atoms with E-state index in [2.05, 4.69) is 5.32 Å². The molecule has 2 rings (SSSR count). The molecule has 0 aliphatic carbocycles. The van der Waals surface area contributed by atoms with E-state index in [0.29, 0.717) is 37.5 Å². The number of carbonyl (C=O) groups excluding carboxylic acids is 1. The van der Waals surface area contributed by atoms with Crippen LogP contribution in [0.1, 0.15) is 12.8 Å². The molecule has 130 valence electrons. The van der Waals surface area contributed by atoms with Gasteiger partial charge in [-0.15, -0.1) is 12.4 Å². The molecule has 3 N–H and O–H groups in total. The van der Waals surface area contributed by atoms with E-state index in [1.807, 2.05) is 0 Å². The summed E-state index contributed by atoms with van der Waals surface area (Å²) >= 11 is 5.87. The minimum absolute atomic E-state index is 0. The number of benzene rings is 1. The van der Waals surface area contributed by atoms with Crippen LogP contribution in [0.15, 0.2) is 29.2 Å². The number of halogens is 2. The molecule has 1 amide bonds. The van der Waals surface area contributed by atoms with E-state index in [9.17, 15) is 13.2 Å². The van der Waals surface area contributed by atoms with Crippen molar-refractivity contribution >= 4 is 39.9 Å². The summed E-state index contributed by atoms with van der Waals surface area (Å²) in [5.74, 6) is -0.481. The summed E-state index contributed by atoms with van der Waals surface area (Å²) < 4.78 is 26.6. The summed E-state index contributed by atoms with van der Waals surface area (Å²) in [6.45, 7) is 1.36. The average Bonchev–Trinajstić information content (AvgIpc) is 2.52. The van der Waals surface area contributed by atoms with Crippen molar-refractivity contribution in [3.05, 3.63) is 29.3 Å². The molecule has 6 nitrogen and oxygen atoms in total. The van der Waals surface area contributed by atoms with Gasteiger partial charge in [-0.3, -0.25) is 4.79 Å². The summed E-state index contributed by atoms with van der Waals surface area (Å²) in [7, 11) is -3.63. The van der Waals surface area contributed by atoms with Crippen LogP contribution in [-0.4, -0.2) is 44.8 Å². The number of sulfonamides is 1. The van der Waals surface area contributed by atoms with E-state index in [1.165, 1.54) is 16.4 Å². The fourth-order valence-electron chi connectivity index (χ4n) is 2.49. The number of rotatable bonds is 5. The number of piperidine rings is 1. The number of nitrogens with one attached hydrogen (secondary N) is 1. The van der Waals surface area contributed by atoms with Crippen LogP contribution in [0, 0.1) is 5.92 Å². The Hall–Kier alpha value is -0.860. The molecular weight excluding hydrogens is 361 g/mol. The maximum atomic E-state index is 12.6. The fraction of sp³-hybridized carbons (Fsp3) is 0.500. The van der Waals surface area contributed by atoms with Crippen LogP contribution >= 0.6 is 24.0 Å². The van der Waals surface area contributed by atoms with Crippen molar-refractivity contribution in [2.75, 3.05) is 26.2 Å². The van der Waals surface area contributed by atoms with E-state index in [1.54, 1.807) is 12.1 Å². The molecule has 0 bridgehead atoms. The van der Waals surface area contributed by atoms with Crippen molar-refractivity contribution in [3.63, 3.8) is 0 Å². The molecule has 1 aromatic carbocycles. The predicted octanol–water partition coefficient (Wildman–Crippen LogP) is 1.24. The first-order chi connectivity index (χ1) is 10.4. The molecule has 0 radical (unpaired) electrons. The SMILES string of the molecule is Cl.NCCNC(=O)C1CCCN(S(=O)(=O)c2cccc(Cl)c2)C1. The molecule has 1 unspecified atom stereocenters. The van der Waals surface area contributed by atoms with E-state index >= 15 is 0 Å². The lowest BCUT2D eigenvalue weighted by atomic mass is 9.99. The average molecular weight is 382 g/mol. The first kappa shape index (κ1) is 20.2. The van der Waals surface area contributed by atoms with Crippen LogP contribution in [0.3, 0.4) is 0 Å². The lowest BCUT2D eigenvalue weighted by Crippen LogP contribution is -2.46. The second-order valence-corrected chi connectivity index (χ2v) is 7.61. The normalized spacial score (nSPS) is 19.0. The zero-order valence-corrected chi connectivity index (χ0v) is 15.0. The van der Waals surface area contributed by atoms with E-state index in [0.717, 1.165) is 0 Å². The van der Waals surface area contributed by atoms with Gasteiger partial charge in [0.1, 0.15) is 0 Å². The van der Waals surface area contributed by atoms with E-state index in [-0.39, 0.29) is 35.7 Å². The quantitative estimate of drug-likeness (QED) is 0.802. The van der Waals surface area contributed by atoms with Crippen molar-refractivity contribution in [1.82, 2.24) is 9.62 Å². The van der Waals surface area contributed by atoms with Gasteiger partial charge < -0.3 is 11.1 Å². The highest BCUT2D eigenvalue weighted by atomic mass is 35.5. The third-order valence-electron chi connectivity index (χ3n) is 3.63. The van der Waals surface area contributed by atoms with Gasteiger partial charge in [0, 0.05) is 31.2 Å². The first-order valence-electron chi connectivity index (χ1n) is 7.18. The Bertz CT molecular complexity index is 640. The highest BCUT2D eigenvalue weighted by molar-refractivity contribution is 7.89. The van der Waals surface area contributed by atoms with Gasteiger partial charge in [-0.25, -0.2) is 8.42 Å². The second-order valence-electron chi connectivity index (χ2n) is 5.24. The summed E-state index contributed by atoms with van der Waals surface area (Å²) in [5.41, 5.74) is 5.36. The van der Waals surface area contributed by atoms with Crippen molar-refractivity contribution in [2.45, 2.75) is 17.7 Å². The summed E-state index contributed by atoms with van der Waals surface area (Å²) in [5, 5.41) is 3.09. The Kier molecular flexibility index (Phi) is 7.76. The van der Waals surface area contributed by atoms with E-state index in [4.69, 9.17) is 17.3 Å². The standard InChI is InChI=1S/C14H20ClN3O3S.ClH/c15-12-4-1-5-13(9-12)22(20,21)18-8-2-3-11(10-18)14(19)17-7-6-16;/h1,4-5,9,11H,2-3,6-8,10,16H2,(H,17,19);1H. The molecular formula is C14H21Cl2N3O3S. The van der Waals surface area contributed by atoms with Crippen LogP contribution in [0.25, 0.3) is 0 Å². The molecule has 0 spiro atoms. The summed E-state index contributed by atoms with van der Waals surface area (Å²) in [6, 6.07) is 6.17. The molecule has 1 heterocycles. The van der Waals surface area contributed by atoms with Crippen LogP contribution in [0.2, 0.25) is 5.02 Å². The molecule has 9 heteroatoms. The Balaban J connectivity index is 0.00000264. The maximum absolute atomic E-state index is 12.6. The minimum Gasteiger partial charge on any atom is -0.355 e. The molecule has 1 saturated heterocycles. The van der Waals surface area contributed by atoms with Gasteiger partial charge >= 0.3 is 0 Å². The zero-order valence-electron chi connectivity index (χ0n) is 12.6. The highest BCUT2D eigenvalue weighted by Gasteiger charge is 2.33. The fourth-order valence-corrected chi connectivity index (χ4v) is 4.32. The summed E-state index contributed by atoms with van der Waals surface area (Å²) in [6.07, 6.45) is 1.33. The number of nitrogens with zero attached hydrogens (tertiary/aromatic N) is 1. The number of nitrogens with two attached hydrogens (primary N) is 1. The van der Waals surface area contributed by atoms with Gasteiger partial charge in [0.05, 0.1) is 10.8 Å². The Morgan fingerprint density at radius 2 is 2.17 bits per heavy atom. The molecule has 1 atom stereocenters. The van der Waals surface area contributed by atoms with Gasteiger partial charge in [0.15, 0.2) is 0 Å². The van der Waals surface area contributed by atoms with Crippen molar-refractivity contribution in [2.24, 2.45) is 11.7 Å². The number of amides is 1. The van der Waals surface area contributed by atoms with Gasteiger partial charge in [0.2, 0.25) is 15.9 Å².